The number of ether oxygens (including phenoxy) is 1. The van der Waals surface area contributed by atoms with Gasteiger partial charge in [-0.15, -0.1) is 0 Å². The van der Waals surface area contributed by atoms with Crippen LogP contribution in [0.3, 0.4) is 0 Å². The summed E-state index contributed by atoms with van der Waals surface area (Å²) in [5.41, 5.74) is 6.27. The fourth-order valence-corrected chi connectivity index (χ4v) is 7.21. The van der Waals surface area contributed by atoms with Gasteiger partial charge in [-0.3, -0.25) is 4.98 Å². The van der Waals surface area contributed by atoms with E-state index in [2.05, 4.69) is 89.0 Å². The lowest BCUT2D eigenvalue weighted by molar-refractivity contribution is 0.357. The monoisotopic (exact) mass is 585 g/mol. The van der Waals surface area contributed by atoms with Gasteiger partial charge in [-0.25, -0.2) is 0 Å². The summed E-state index contributed by atoms with van der Waals surface area (Å²) in [6.07, 6.45) is 3.09. The van der Waals surface area contributed by atoms with E-state index in [1.807, 2.05) is 30.5 Å². The predicted octanol–water partition coefficient (Wildman–Crippen LogP) is 7.50. The molecule has 212 valence electrons. The fraction of sp³-hybridized carbons (Fsp3) is 0.333. The van der Waals surface area contributed by atoms with E-state index in [0.717, 1.165) is 58.0 Å². The highest BCUT2D eigenvalue weighted by molar-refractivity contribution is 7.80. The molecule has 1 N–H and O–H groups in total. The molecule has 4 heterocycles. The molecule has 0 bridgehead atoms. The van der Waals surface area contributed by atoms with E-state index in [9.17, 15) is 0 Å². The Labute approximate surface area is 252 Å². The summed E-state index contributed by atoms with van der Waals surface area (Å²) >= 11 is 13.0. The summed E-state index contributed by atoms with van der Waals surface area (Å²) in [6.45, 7) is 8.81. The summed E-state index contributed by atoms with van der Waals surface area (Å²) in [5.74, 6) is 2.11. The average molecular weight is 586 g/mol. The Hall–Kier alpha value is -3.55. The standard InChI is InChI=1S/C33H36ClN5OS/c1-21-17-22(2)20-37(19-21)29-15-11-25(18-27(29)34)39-32(31(36-33(39)41)28-7-5-6-16-35-28)30-14-8-23(3)38(30)24-9-12-26(40-4)13-10-24/h5-16,18,21-22,31-32H,17,19-20H2,1-4H3,(H,36,41)/t21-,22+,31-,32-/m1/s1. The van der Waals surface area contributed by atoms with Crippen LogP contribution in [0.4, 0.5) is 11.4 Å². The molecule has 0 spiro atoms. The van der Waals surface area contributed by atoms with Gasteiger partial charge in [-0.1, -0.05) is 31.5 Å². The Morgan fingerprint density at radius 1 is 0.951 bits per heavy atom. The van der Waals surface area contributed by atoms with Crippen LogP contribution < -0.4 is 19.9 Å². The maximum atomic E-state index is 7.03. The third-order valence-corrected chi connectivity index (χ3v) is 8.87. The van der Waals surface area contributed by atoms with Crippen LogP contribution in [0, 0.1) is 18.8 Å². The maximum Gasteiger partial charge on any atom is 0.174 e. The lowest BCUT2D eigenvalue weighted by atomic mass is 9.91. The van der Waals surface area contributed by atoms with Gasteiger partial charge in [0.2, 0.25) is 0 Å². The maximum absolute atomic E-state index is 7.03. The van der Waals surface area contributed by atoms with Crippen LogP contribution in [0.5, 0.6) is 5.75 Å². The third-order valence-electron chi connectivity index (χ3n) is 8.26. The molecule has 41 heavy (non-hydrogen) atoms. The predicted molar refractivity (Wildman–Crippen MR) is 172 cm³/mol. The second-order valence-electron chi connectivity index (χ2n) is 11.4. The van der Waals surface area contributed by atoms with E-state index in [0.29, 0.717) is 16.9 Å². The van der Waals surface area contributed by atoms with Gasteiger partial charge in [-0.05, 0) is 104 Å². The van der Waals surface area contributed by atoms with Crippen molar-refractivity contribution in [2.45, 2.75) is 39.3 Å². The molecule has 0 unspecified atom stereocenters. The zero-order valence-corrected chi connectivity index (χ0v) is 25.5. The number of piperidine rings is 1. The number of nitrogens with one attached hydrogen (secondary N) is 1. The Morgan fingerprint density at radius 3 is 2.34 bits per heavy atom. The Bertz CT molecular complexity index is 1530. The van der Waals surface area contributed by atoms with Crippen molar-refractivity contribution in [3.63, 3.8) is 0 Å². The molecule has 0 amide bonds. The van der Waals surface area contributed by atoms with Gasteiger partial charge in [0.05, 0.1) is 29.6 Å². The Kier molecular flexibility index (Phi) is 7.66. The van der Waals surface area contributed by atoms with Crippen molar-refractivity contribution >= 4 is 40.3 Å². The Balaban J connectivity index is 1.44. The molecule has 2 aliphatic rings. The molecule has 6 nitrogen and oxygen atoms in total. The van der Waals surface area contributed by atoms with E-state index in [4.69, 9.17) is 33.5 Å². The van der Waals surface area contributed by atoms with Gasteiger partial charge >= 0.3 is 0 Å². The van der Waals surface area contributed by atoms with E-state index < -0.39 is 0 Å². The number of hydrogen-bond donors (Lipinski definition) is 1. The summed E-state index contributed by atoms with van der Waals surface area (Å²) in [5, 5.41) is 4.98. The molecule has 2 fully saturated rings. The number of rotatable bonds is 6. The molecule has 2 aliphatic heterocycles. The summed E-state index contributed by atoms with van der Waals surface area (Å²) in [4.78, 5) is 9.35. The smallest absolute Gasteiger partial charge is 0.174 e. The Morgan fingerprint density at radius 2 is 1.68 bits per heavy atom. The first kappa shape index (κ1) is 27.6. The summed E-state index contributed by atoms with van der Waals surface area (Å²) < 4.78 is 7.70. The molecular weight excluding hydrogens is 550 g/mol. The fourth-order valence-electron chi connectivity index (χ4n) is 6.57. The molecule has 4 atom stereocenters. The lowest BCUT2D eigenvalue weighted by Gasteiger charge is -2.37. The lowest BCUT2D eigenvalue weighted by Crippen LogP contribution is -2.38. The van der Waals surface area contributed by atoms with Crippen molar-refractivity contribution in [2.24, 2.45) is 11.8 Å². The zero-order chi connectivity index (χ0) is 28.7. The van der Waals surface area contributed by atoms with Crippen molar-refractivity contribution in [1.29, 1.82) is 0 Å². The highest BCUT2D eigenvalue weighted by Gasteiger charge is 2.42. The molecule has 2 aromatic carbocycles. The molecule has 0 aliphatic carbocycles. The quantitative estimate of drug-likeness (QED) is 0.236. The van der Waals surface area contributed by atoms with Crippen molar-refractivity contribution < 1.29 is 4.74 Å². The first-order valence-corrected chi connectivity index (χ1v) is 15.0. The highest BCUT2D eigenvalue weighted by Crippen LogP contribution is 2.44. The third kappa shape index (κ3) is 5.29. The highest BCUT2D eigenvalue weighted by atomic mass is 35.5. The van der Waals surface area contributed by atoms with E-state index in [1.165, 1.54) is 6.42 Å². The number of aromatic nitrogens is 2. The minimum atomic E-state index is -0.162. The second-order valence-corrected chi connectivity index (χ2v) is 12.2. The largest absolute Gasteiger partial charge is 0.497 e. The molecule has 2 saturated heterocycles. The molecule has 8 heteroatoms. The molecule has 4 aromatic rings. The summed E-state index contributed by atoms with van der Waals surface area (Å²) in [6, 6.07) is 24.6. The number of anilines is 2. The van der Waals surface area contributed by atoms with Crippen LogP contribution in [0.2, 0.25) is 5.02 Å². The van der Waals surface area contributed by atoms with Crippen LogP contribution in [0.25, 0.3) is 5.69 Å². The second kappa shape index (κ2) is 11.4. The molecule has 0 saturated carbocycles. The van der Waals surface area contributed by atoms with Gasteiger partial charge in [0.15, 0.2) is 5.11 Å². The SMILES string of the molecule is COc1ccc(-n2c(C)ccc2[C@@H]2[C@@H](c3ccccn3)NC(=S)N2c2ccc(N3C[C@H](C)C[C@H](C)C3)c(Cl)c2)cc1. The van der Waals surface area contributed by atoms with Crippen LogP contribution in [-0.4, -0.2) is 34.9 Å². The minimum absolute atomic E-state index is 0.155. The summed E-state index contributed by atoms with van der Waals surface area (Å²) in [7, 11) is 1.69. The normalized spacial score (nSPS) is 22.6. The number of hydrogen-bond acceptors (Lipinski definition) is 4. The number of nitrogens with zero attached hydrogens (tertiary/aromatic N) is 4. The van der Waals surface area contributed by atoms with E-state index >= 15 is 0 Å². The average Bonchev–Trinajstić information content (AvgIpc) is 3.52. The minimum Gasteiger partial charge on any atom is -0.497 e. The number of halogens is 1. The number of benzene rings is 2. The first-order chi connectivity index (χ1) is 19.8. The topological polar surface area (TPSA) is 45.6 Å². The van der Waals surface area contributed by atoms with E-state index in [-0.39, 0.29) is 12.1 Å². The number of aryl methyl sites for hydroxylation is 1. The molecule has 2 aromatic heterocycles. The number of methoxy groups -OCH3 is 1. The van der Waals surface area contributed by atoms with Crippen molar-refractivity contribution in [3.05, 3.63) is 101 Å². The van der Waals surface area contributed by atoms with Crippen molar-refractivity contribution in [2.75, 3.05) is 30.0 Å². The molecule has 0 radical (unpaired) electrons. The van der Waals surface area contributed by atoms with Gasteiger partial charge in [0, 0.05) is 42.0 Å². The van der Waals surface area contributed by atoms with Crippen molar-refractivity contribution in [3.8, 4) is 11.4 Å². The van der Waals surface area contributed by atoms with Crippen LogP contribution in [-0.2, 0) is 0 Å². The van der Waals surface area contributed by atoms with Gasteiger partial charge in [-0.2, -0.15) is 0 Å². The molecular formula is C33H36ClN5OS. The van der Waals surface area contributed by atoms with Crippen LogP contribution in [0.15, 0.2) is 79.0 Å². The first-order valence-electron chi connectivity index (χ1n) is 14.2. The van der Waals surface area contributed by atoms with Crippen LogP contribution in [0.1, 0.15) is 49.4 Å². The van der Waals surface area contributed by atoms with Crippen LogP contribution >= 0.6 is 23.8 Å². The van der Waals surface area contributed by atoms with Gasteiger partial charge < -0.3 is 24.4 Å². The number of pyridine rings is 1. The van der Waals surface area contributed by atoms with Crippen molar-refractivity contribution in [1.82, 2.24) is 14.9 Å². The van der Waals surface area contributed by atoms with E-state index in [1.54, 1.807) is 7.11 Å². The number of thiocarbonyl (C=S) groups is 1. The zero-order valence-electron chi connectivity index (χ0n) is 23.9. The van der Waals surface area contributed by atoms with Gasteiger partial charge in [0.25, 0.3) is 0 Å². The molecule has 6 rings (SSSR count). The van der Waals surface area contributed by atoms with Gasteiger partial charge in [0.1, 0.15) is 11.8 Å².